The van der Waals surface area contributed by atoms with E-state index in [1.54, 1.807) is 29.2 Å². The summed E-state index contributed by atoms with van der Waals surface area (Å²) in [5.74, 6) is 1.45. The van der Waals surface area contributed by atoms with E-state index in [2.05, 4.69) is 15.5 Å². The fraction of sp³-hybridized carbons (Fsp3) is 0.190. The molecule has 4 rings (SSSR count). The Labute approximate surface area is 181 Å². The van der Waals surface area contributed by atoms with Crippen molar-refractivity contribution in [3.63, 3.8) is 0 Å². The largest absolute Gasteiger partial charge is 0.342 e. The lowest BCUT2D eigenvalue weighted by atomic mass is 10.2. The molecule has 3 heterocycles. The number of fused-ring (bicyclic) bond motifs is 2. The molecule has 0 aliphatic rings. The van der Waals surface area contributed by atoms with Crippen molar-refractivity contribution in [3.05, 3.63) is 70.5 Å². The van der Waals surface area contributed by atoms with E-state index in [4.69, 9.17) is 11.6 Å². The van der Waals surface area contributed by atoms with Gasteiger partial charge in [0, 0.05) is 27.2 Å². The molecule has 3 aromatic heterocycles. The number of benzene rings is 1. The number of amides is 1. The van der Waals surface area contributed by atoms with Gasteiger partial charge < -0.3 is 5.32 Å². The fourth-order valence-corrected chi connectivity index (χ4v) is 4.98. The molecule has 1 unspecified atom stereocenters. The first-order valence-corrected chi connectivity index (χ1v) is 11.7. The van der Waals surface area contributed by atoms with E-state index in [0.717, 1.165) is 38.6 Å². The number of carbonyl (C=O) groups is 1. The van der Waals surface area contributed by atoms with Crippen molar-refractivity contribution in [1.82, 2.24) is 19.9 Å². The van der Waals surface area contributed by atoms with E-state index in [0.29, 0.717) is 5.02 Å². The molecule has 4 aromatic rings. The maximum atomic E-state index is 12.6. The number of carbonyl (C=O) groups excluding carboxylic acids is 1. The maximum absolute atomic E-state index is 12.6. The molecule has 1 aromatic carbocycles. The second-order valence-corrected chi connectivity index (χ2v) is 8.89. The molecular weight excluding hydrogens is 424 g/mol. The Bertz CT molecular complexity index is 1180. The number of rotatable bonds is 7. The first-order valence-electron chi connectivity index (χ1n) is 9.11. The zero-order valence-corrected chi connectivity index (χ0v) is 18.1. The van der Waals surface area contributed by atoms with E-state index in [1.165, 1.54) is 6.08 Å². The molecule has 1 amide bonds. The van der Waals surface area contributed by atoms with Gasteiger partial charge in [-0.1, -0.05) is 35.9 Å². The molecule has 0 spiro atoms. The number of thiophene rings is 1. The van der Waals surface area contributed by atoms with Crippen LogP contribution >= 0.6 is 34.7 Å². The fourth-order valence-electron chi connectivity index (χ4n) is 3.11. The number of halogens is 1. The molecule has 148 valence electrons. The molecule has 1 atom stereocenters. The van der Waals surface area contributed by atoms with Gasteiger partial charge >= 0.3 is 0 Å². The number of pyridine rings is 1. The average molecular weight is 443 g/mol. The summed E-state index contributed by atoms with van der Waals surface area (Å²) in [6.07, 6.45) is 8.03. The summed E-state index contributed by atoms with van der Waals surface area (Å²) in [6, 6.07) is 13.5. The summed E-state index contributed by atoms with van der Waals surface area (Å²) in [6.45, 7) is 0. The number of thioether (sulfide) groups is 1. The van der Waals surface area contributed by atoms with E-state index in [-0.39, 0.29) is 11.9 Å². The van der Waals surface area contributed by atoms with Gasteiger partial charge in [0.1, 0.15) is 0 Å². The van der Waals surface area contributed by atoms with Gasteiger partial charge in [-0.15, -0.1) is 21.5 Å². The highest BCUT2D eigenvalue weighted by Gasteiger charge is 2.19. The number of hydrogen-bond donors (Lipinski definition) is 1. The smallest absolute Gasteiger partial charge is 0.244 e. The summed E-state index contributed by atoms with van der Waals surface area (Å²) in [5.41, 5.74) is 0.763. The van der Waals surface area contributed by atoms with Crippen molar-refractivity contribution >= 4 is 62.4 Å². The molecule has 1 N–H and O–H groups in total. The summed E-state index contributed by atoms with van der Waals surface area (Å²) in [7, 11) is 0. The minimum absolute atomic E-state index is 0.183. The SMILES string of the molecule is CSCCC(NC(=O)/C=C/c1sc2ccccc2c1Cl)c1nnc2ccccn12. The zero-order valence-electron chi connectivity index (χ0n) is 15.7. The van der Waals surface area contributed by atoms with Gasteiger partial charge in [-0.05, 0) is 42.7 Å². The van der Waals surface area contributed by atoms with Crippen molar-refractivity contribution in [1.29, 1.82) is 0 Å². The minimum atomic E-state index is -0.227. The summed E-state index contributed by atoms with van der Waals surface area (Å²) in [4.78, 5) is 13.5. The minimum Gasteiger partial charge on any atom is -0.342 e. The molecule has 0 fully saturated rings. The van der Waals surface area contributed by atoms with Crippen LogP contribution in [0, 0.1) is 0 Å². The van der Waals surface area contributed by atoms with Crippen molar-refractivity contribution in [2.24, 2.45) is 0 Å². The topological polar surface area (TPSA) is 59.3 Å². The number of nitrogens with zero attached hydrogens (tertiary/aromatic N) is 3. The standard InChI is InChI=1S/C21H19ClN4OS2/c1-28-13-11-15(21-25-24-18-8-4-5-12-26(18)21)23-19(27)10-9-17-20(22)14-6-2-3-7-16(14)29-17/h2-10,12,15H,11,13H2,1H3,(H,23,27)/b10-9+. The van der Waals surface area contributed by atoms with Gasteiger partial charge in [0.25, 0.3) is 0 Å². The van der Waals surface area contributed by atoms with Crippen molar-refractivity contribution in [3.8, 4) is 0 Å². The Kier molecular flexibility index (Phi) is 6.18. The molecule has 0 aliphatic heterocycles. The highest BCUT2D eigenvalue weighted by atomic mass is 35.5. The van der Waals surface area contributed by atoms with Crippen LogP contribution in [0.3, 0.4) is 0 Å². The Hall–Kier alpha value is -2.35. The van der Waals surface area contributed by atoms with Gasteiger partial charge in [0.2, 0.25) is 5.91 Å². The molecule has 0 saturated heterocycles. The molecule has 0 saturated carbocycles. The van der Waals surface area contributed by atoms with Crippen LogP contribution in [0.5, 0.6) is 0 Å². The lowest BCUT2D eigenvalue weighted by Crippen LogP contribution is -2.29. The molecule has 0 bridgehead atoms. The van der Waals surface area contributed by atoms with Gasteiger partial charge in [-0.2, -0.15) is 11.8 Å². The van der Waals surface area contributed by atoms with Crippen molar-refractivity contribution < 1.29 is 4.79 Å². The van der Waals surface area contributed by atoms with Crippen LogP contribution < -0.4 is 5.32 Å². The Morgan fingerprint density at radius 1 is 1.28 bits per heavy atom. The summed E-state index contributed by atoms with van der Waals surface area (Å²) in [5, 5.41) is 13.3. The Morgan fingerprint density at radius 2 is 2.10 bits per heavy atom. The van der Waals surface area contributed by atoms with Crippen molar-refractivity contribution in [2.45, 2.75) is 12.5 Å². The van der Waals surface area contributed by atoms with Crippen LogP contribution in [0.2, 0.25) is 5.02 Å². The average Bonchev–Trinajstić information content (AvgIpc) is 3.31. The molecule has 29 heavy (non-hydrogen) atoms. The van der Waals surface area contributed by atoms with Gasteiger partial charge in [0.05, 0.1) is 11.1 Å². The van der Waals surface area contributed by atoms with E-state index in [9.17, 15) is 4.79 Å². The molecule has 0 radical (unpaired) electrons. The van der Waals surface area contributed by atoms with Crippen LogP contribution in [0.4, 0.5) is 0 Å². The van der Waals surface area contributed by atoms with Crippen molar-refractivity contribution in [2.75, 3.05) is 12.0 Å². The second kappa shape index (κ2) is 8.98. The van der Waals surface area contributed by atoms with Crippen LogP contribution in [-0.4, -0.2) is 32.5 Å². The van der Waals surface area contributed by atoms with Crippen LogP contribution in [-0.2, 0) is 4.79 Å². The highest BCUT2D eigenvalue weighted by Crippen LogP contribution is 2.35. The summed E-state index contributed by atoms with van der Waals surface area (Å²) >= 11 is 9.77. The summed E-state index contributed by atoms with van der Waals surface area (Å²) < 4.78 is 3.02. The Balaban J connectivity index is 1.54. The van der Waals surface area contributed by atoms with Crippen LogP contribution in [0.15, 0.2) is 54.7 Å². The van der Waals surface area contributed by atoms with Gasteiger partial charge in [-0.25, -0.2) is 0 Å². The molecule has 5 nitrogen and oxygen atoms in total. The lowest BCUT2D eigenvalue weighted by molar-refractivity contribution is -0.117. The Morgan fingerprint density at radius 3 is 2.93 bits per heavy atom. The number of nitrogens with one attached hydrogen (secondary N) is 1. The number of hydrogen-bond acceptors (Lipinski definition) is 5. The third-order valence-corrected chi connectivity index (χ3v) is 6.82. The van der Waals surface area contributed by atoms with E-state index in [1.807, 2.05) is 59.3 Å². The quantitative estimate of drug-likeness (QED) is 0.398. The zero-order chi connectivity index (χ0) is 20.2. The molecule has 0 aliphatic carbocycles. The predicted molar refractivity (Wildman–Crippen MR) is 123 cm³/mol. The predicted octanol–water partition coefficient (Wildman–Crippen LogP) is 5.22. The first-order chi connectivity index (χ1) is 14.2. The monoisotopic (exact) mass is 442 g/mol. The normalized spacial score (nSPS) is 12.8. The third kappa shape index (κ3) is 4.32. The first kappa shape index (κ1) is 19.9. The van der Waals surface area contributed by atoms with Crippen LogP contribution in [0.1, 0.15) is 23.2 Å². The third-order valence-electron chi connectivity index (χ3n) is 4.52. The van der Waals surface area contributed by atoms with Gasteiger partial charge in [-0.3, -0.25) is 9.20 Å². The molecular formula is C21H19ClN4OS2. The maximum Gasteiger partial charge on any atom is 0.244 e. The van der Waals surface area contributed by atoms with E-state index >= 15 is 0 Å². The molecule has 8 heteroatoms. The lowest BCUT2D eigenvalue weighted by Gasteiger charge is -2.15. The van der Waals surface area contributed by atoms with E-state index < -0.39 is 0 Å². The highest BCUT2D eigenvalue weighted by molar-refractivity contribution is 7.98. The second-order valence-electron chi connectivity index (χ2n) is 6.44. The number of aromatic nitrogens is 3. The van der Waals surface area contributed by atoms with Gasteiger partial charge in [0.15, 0.2) is 11.5 Å². The van der Waals surface area contributed by atoms with Crippen LogP contribution in [0.25, 0.3) is 21.8 Å².